The van der Waals surface area contributed by atoms with Crippen molar-refractivity contribution in [3.8, 4) is 0 Å². The van der Waals surface area contributed by atoms with E-state index >= 15 is 0 Å². The Labute approximate surface area is 145 Å². The van der Waals surface area contributed by atoms with E-state index < -0.39 is 0 Å². The molecule has 0 saturated carbocycles. The molecular formula is C15H18Cl2N6. The molecule has 1 aliphatic heterocycles. The molecule has 1 aliphatic rings. The van der Waals surface area contributed by atoms with Crippen LogP contribution in [0.3, 0.4) is 0 Å². The second kappa shape index (κ2) is 7.29. The molecule has 0 bridgehead atoms. The predicted molar refractivity (Wildman–Crippen MR) is 93.9 cm³/mol. The van der Waals surface area contributed by atoms with Crippen LogP contribution < -0.4 is 10.2 Å². The molecule has 6 nitrogen and oxygen atoms in total. The van der Waals surface area contributed by atoms with Crippen LogP contribution in [-0.4, -0.2) is 52.8 Å². The molecule has 2 heterocycles. The van der Waals surface area contributed by atoms with E-state index in [9.17, 15) is 0 Å². The van der Waals surface area contributed by atoms with Gasteiger partial charge in [0.05, 0.1) is 16.9 Å². The summed E-state index contributed by atoms with van der Waals surface area (Å²) in [7, 11) is 0. The van der Waals surface area contributed by atoms with Crippen LogP contribution in [0.4, 0.5) is 17.5 Å². The molecule has 0 radical (unpaired) electrons. The van der Waals surface area contributed by atoms with E-state index in [2.05, 4.69) is 37.2 Å². The molecule has 23 heavy (non-hydrogen) atoms. The van der Waals surface area contributed by atoms with Crippen LogP contribution >= 0.6 is 23.2 Å². The van der Waals surface area contributed by atoms with Crippen molar-refractivity contribution in [2.45, 2.75) is 6.92 Å². The highest BCUT2D eigenvalue weighted by Crippen LogP contribution is 2.27. The Hall–Kier alpha value is -1.63. The highest BCUT2D eigenvalue weighted by molar-refractivity contribution is 6.35. The summed E-state index contributed by atoms with van der Waals surface area (Å²) < 4.78 is 0. The number of halogens is 2. The molecule has 2 aromatic rings. The number of rotatable bonds is 4. The van der Waals surface area contributed by atoms with E-state index in [0.29, 0.717) is 21.7 Å². The van der Waals surface area contributed by atoms with E-state index in [4.69, 9.17) is 23.2 Å². The minimum absolute atomic E-state index is 0.407. The quantitative estimate of drug-likeness (QED) is 0.912. The van der Waals surface area contributed by atoms with Gasteiger partial charge in [-0.25, -0.2) is 0 Å². The summed E-state index contributed by atoms with van der Waals surface area (Å²) in [6, 6.07) is 5.20. The second-order valence-corrected chi connectivity index (χ2v) is 6.15. The van der Waals surface area contributed by atoms with Crippen molar-refractivity contribution < 1.29 is 0 Å². The third kappa shape index (κ3) is 4.02. The topological polar surface area (TPSA) is 57.2 Å². The van der Waals surface area contributed by atoms with Crippen LogP contribution in [0.5, 0.6) is 0 Å². The van der Waals surface area contributed by atoms with Crippen LogP contribution in [0.25, 0.3) is 0 Å². The first-order chi connectivity index (χ1) is 11.2. The average Bonchev–Trinajstić information content (AvgIpc) is 2.58. The van der Waals surface area contributed by atoms with E-state index in [0.717, 1.165) is 38.5 Å². The summed E-state index contributed by atoms with van der Waals surface area (Å²) in [6.07, 6.45) is 1.69. The highest BCUT2D eigenvalue weighted by atomic mass is 35.5. The lowest BCUT2D eigenvalue weighted by atomic mass is 10.3. The summed E-state index contributed by atoms with van der Waals surface area (Å²) in [5.41, 5.74) is 0.661. The standard InChI is InChI=1S/C15H18Cl2N6/c1-2-22-5-7-23(8-6-22)14-10-18-21-15(20-14)19-13-9-11(16)3-4-12(13)17/h3-4,9-10H,2,5-8H2,1H3,(H,19,20,21). The van der Waals surface area contributed by atoms with E-state index in [1.807, 2.05) is 0 Å². The van der Waals surface area contributed by atoms with Crippen molar-refractivity contribution in [2.24, 2.45) is 0 Å². The van der Waals surface area contributed by atoms with Gasteiger partial charge in [-0.2, -0.15) is 10.1 Å². The minimum Gasteiger partial charge on any atom is -0.353 e. The van der Waals surface area contributed by atoms with Crippen LogP contribution in [-0.2, 0) is 0 Å². The van der Waals surface area contributed by atoms with Crippen LogP contribution in [0.2, 0.25) is 10.0 Å². The number of piperazine rings is 1. The first-order valence-corrected chi connectivity index (χ1v) is 8.30. The van der Waals surface area contributed by atoms with Crippen molar-refractivity contribution in [1.29, 1.82) is 0 Å². The van der Waals surface area contributed by atoms with Crippen molar-refractivity contribution >= 4 is 40.7 Å². The molecule has 122 valence electrons. The van der Waals surface area contributed by atoms with Crippen LogP contribution in [0.1, 0.15) is 6.92 Å². The molecule has 0 aliphatic carbocycles. The maximum absolute atomic E-state index is 6.15. The summed E-state index contributed by atoms with van der Waals surface area (Å²) in [4.78, 5) is 9.16. The van der Waals surface area contributed by atoms with Crippen LogP contribution in [0, 0.1) is 0 Å². The molecule has 1 aromatic carbocycles. The zero-order valence-corrected chi connectivity index (χ0v) is 14.3. The number of nitrogens with zero attached hydrogens (tertiary/aromatic N) is 5. The normalized spacial score (nSPS) is 15.7. The lowest BCUT2D eigenvalue weighted by molar-refractivity contribution is 0.270. The summed E-state index contributed by atoms with van der Waals surface area (Å²) in [6.45, 7) is 7.19. The smallest absolute Gasteiger partial charge is 0.249 e. The molecule has 1 saturated heterocycles. The van der Waals surface area contributed by atoms with Crippen LogP contribution in [0.15, 0.2) is 24.4 Å². The summed E-state index contributed by atoms with van der Waals surface area (Å²) >= 11 is 12.1. The molecule has 8 heteroatoms. The third-order valence-electron chi connectivity index (χ3n) is 3.86. The molecule has 1 aromatic heterocycles. The number of hydrogen-bond acceptors (Lipinski definition) is 6. The highest BCUT2D eigenvalue weighted by Gasteiger charge is 2.17. The predicted octanol–water partition coefficient (Wildman–Crippen LogP) is 3.06. The van der Waals surface area contributed by atoms with Crippen molar-refractivity contribution in [2.75, 3.05) is 42.9 Å². The molecule has 0 atom stereocenters. The zero-order chi connectivity index (χ0) is 16.2. The Bertz CT molecular complexity index is 673. The SMILES string of the molecule is CCN1CCN(c2cnnc(Nc3cc(Cl)ccc3Cl)n2)CC1. The Kier molecular flexibility index (Phi) is 5.15. The molecular weight excluding hydrogens is 335 g/mol. The third-order valence-corrected chi connectivity index (χ3v) is 4.43. The maximum atomic E-state index is 6.15. The number of benzene rings is 1. The van der Waals surface area contributed by atoms with Gasteiger partial charge in [-0.1, -0.05) is 30.1 Å². The molecule has 1 fully saturated rings. The number of aromatic nitrogens is 3. The van der Waals surface area contributed by atoms with E-state index in [1.165, 1.54) is 0 Å². The van der Waals surface area contributed by atoms with Crippen molar-refractivity contribution in [1.82, 2.24) is 20.1 Å². The first kappa shape index (κ1) is 16.2. The van der Waals surface area contributed by atoms with Gasteiger partial charge in [-0.3, -0.25) is 0 Å². The number of hydrogen-bond donors (Lipinski definition) is 1. The monoisotopic (exact) mass is 352 g/mol. The minimum atomic E-state index is 0.407. The fourth-order valence-electron chi connectivity index (χ4n) is 2.51. The van der Waals surface area contributed by atoms with Gasteiger partial charge in [0.25, 0.3) is 0 Å². The summed E-state index contributed by atoms with van der Waals surface area (Å²) in [5.74, 6) is 1.22. The Morgan fingerprint density at radius 3 is 2.70 bits per heavy atom. The van der Waals surface area contributed by atoms with Gasteiger partial charge in [0.15, 0.2) is 5.82 Å². The number of anilines is 3. The fourth-order valence-corrected chi connectivity index (χ4v) is 2.84. The average molecular weight is 353 g/mol. The van der Waals surface area contributed by atoms with Gasteiger partial charge in [-0.15, -0.1) is 5.10 Å². The largest absolute Gasteiger partial charge is 0.353 e. The van der Waals surface area contributed by atoms with E-state index in [1.54, 1.807) is 24.4 Å². The Morgan fingerprint density at radius 2 is 1.96 bits per heavy atom. The van der Waals surface area contributed by atoms with E-state index in [-0.39, 0.29) is 0 Å². The summed E-state index contributed by atoms with van der Waals surface area (Å²) in [5, 5.41) is 12.3. The van der Waals surface area contributed by atoms with Gasteiger partial charge < -0.3 is 15.1 Å². The Balaban J connectivity index is 1.74. The van der Waals surface area contributed by atoms with Crippen molar-refractivity contribution in [3.05, 3.63) is 34.4 Å². The van der Waals surface area contributed by atoms with Crippen molar-refractivity contribution in [3.63, 3.8) is 0 Å². The van der Waals surface area contributed by atoms with Gasteiger partial charge in [0, 0.05) is 31.2 Å². The van der Waals surface area contributed by atoms with Gasteiger partial charge >= 0.3 is 0 Å². The lowest BCUT2D eigenvalue weighted by Crippen LogP contribution is -2.46. The first-order valence-electron chi connectivity index (χ1n) is 7.55. The molecule has 0 unspecified atom stereocenters. The van der Waals surface area contributed by atoms with Gasteiger partial charge in [0.1, 0.15) is 0 Å². The van der Waals surface area contributed by atoms with Gasteiger partial charge in [0.2, 0.25) is 5.95 Å². The number of likely N-dealkylation sites (N-methyl/N-ethyl adjacent to an activating group) is 1. The Morgan fingerprint density at radius 1 is 1.17 bits per heavy atom. The molecule has 0 amide bonds. The fraction of sp³-hybridized carbons (Fsp3) is 0.400. The maximum Gasteiger partial charge on any atom is 0.249 e. The molecule has 3 rings (SSSR count). The lowest BCUT2D eigenvalue weighted by Gasteiger charge is -2.34. The van der Waals surface area contributed by atoms with Gasteiger partial charge in [-0.05, 0) is 24.7 Å². The zero-order valence-electron chi connectivity index (χ0n) is 12.8. The number of nitrogens with one attached hydrogen (secondary N) is 1. The molecule has 0 spiro atoms. The second-order valence-electron chi connectivity index (χ2n) is 5.31. The molecule has 1 N–H and O–H groups in total.